The van der Waals surface area contributed by atoms with Gasteiger partial charge in [0, 0.05) is 21.2 Å². The molecule has 1 aromatic rings. The van der Waals surface area contributed by atoms with Gasteiger partial charge in [0.2, 0.25) is 0 Å². The summed E-state index contributed by atoms with van der Waals surface area (Å²) in [5, 5.41) is 2.87. The lowest BCUT2D eigenvalue weighted by Gasteiger charge is -2.18. The first-order valence-electron chi connectivity index (χ1n) is 6.70. The Balaban J connectivity index is 2.92. The molecule has 2 unspecified atom stereocenters. The van der Waals surface area contributed by atoms with Crippen LogP contribution in [0.5, 0.6) is 0 Å². The van der Waals surface area contributed by atoms with Crippen LogP contribution in [-0.2, 0) is 9.05 Å². The predicted octanol–water partition coefficient (Wildman–Crippen LogP) is 3.93. The summed E-state index contributed by atoms with van der Waals surface area (Å²) in [5.74, 6) is 0.193. The molecule has 4 nitrogen and oxygen atoms in total. The van der Waals surface area contributed by atoms with E-state index in [9.17, 15) is 13.2 Å². The van der Waals surface area contributed by atoms with Gasteiger partial charge in [-0.15, -0.1) is 0 Å². The van der Waals surface area contributed by atoms with E-state index >= 15 is 0 Å². The quantitative estimate of drug-likeness (QED) is 0.741. The van der Waals surface area contributed by atoms with Crippen LogP contribution in [0, 0.1) is 5.92 Å². The van der Waals surface area contributed by atoms with Gasteiger partial charge in [0.15, 0.2) is 0 Å². The summed E-state index contributed by atoms with van der Waals surface area (Å²) in [7, 11) is 1.45. The van der Waals surface area contributed by atoms with Gasteiger partial charge in [-0.05, 0) is 53.4 Å². The number of carbonyl (C=O) groups is 1. The third-order valence-corrected chi connectivity index (χ3v) is 5.34. The number of hydrogen-bond donors (Lipinski definition) is 1. The Bertz CT molecular complexity index is 619. The lowest BCUT2D eigenvalue weighted by atomic mass is 10.0. The maximum atomic E-state index is 12.2. The summed E-state index contributed by atoms with van der Waals surface area (Å²) in [6.07, 6.45) is 1.91. The Morgan fingerprint density at radius 3 is 2.52 bits per heavy atom. The van der Waals surface area contributed by atoms with Crippen molar-refractivity contribution in [2.45, 2.75) is 44.6 Å². The van der Waals surface area contributed by atoms with Crippen molar-refractivity contribution in [2.24, 2.45) is 5.92 Å². The van der Waals surface area contributed by atoms with E-state index in [4.69, 9.17) is 10.7 Å². The molecule has 21 heavy (non-hydrogen) atoms. The molecule has 2 atom stereocenters. The zero-order chi connectivity index (χ0) is 16.2. The van der Waals surface area contributed by atoms with Crippen LogP contribution in [0.1, 0.15) is 44.0 Å². The molecule has 118 valence electrons. The van der Waals surface area contributed by atoms with Gasteiger partial charge in [-0.1, -0.05) is 20.3 Å². The van der Waals surface area contributed by atoms with E-state index in [1.807, 2.05) is 6.92 Å². The van der Waals surface area contributed by atoms with Crippen LogP contribution in [0.15, 0.2) is 27.6 Å². The van der Waals surface area contributed by atoms with Crippen molar-refractivity contribution < 1.29 is 13.2 Å². The molecule has 0 spiro atoms. The van der Waals surface area contributed by atoms with Crippen LogP contribution in [0.25, 0.3) is 0 Å². The van der Waals surface area contributed by atoms with Crippen LogP contribution in [-0.4, -0.2) is 20.4 Å². The average molecular weight is 397 g/mol. The van der Waals surface area contributed by atoms with Crippen molar-refractivity contribution in [1.82, 2.24) is 5.32 Å². The maximum Gasteiger partial charge on any atom is 0.261 e. The van der Waals surface area contributed by atoms with E-state index in [2.05, 4.69) is 35.1 Å². The van der Waals surface area contributed by atoms with Crippen molar-refractivity contribution in [1.29, 1.82) is 0 Å². The largest absolute Gasteiger partial charge is 0.350 e. The van der Waals surface area contributed by atoms with E-state index in [0.717, 1.165) is 12.8 Å². The summed E-state index contributed by atoms with van der Waals surface area (Å²) in [4.78, 5) is 12.2. The van der Waals surface area contributed by atoms with E-state index in [-0.39, 0.29) is 22.4 Å². The van der Waals surface area contributed by atoms with Gasteiger partial charge >= 0.3 is 0 Å². The summed E-state index contributed by atoms with van der Waals surface area (Å²) in [6, 6.07) is 4.14. The van der Waals surface area contributed by atoms with E-state index in [1.165, 1.54) is 18.2 Å². The number of benzene rings is 1. The molecule has 1 rings (SSSR count). The molecule has 1 aromatic carbocycles. The lowest BCUT2D eigenvalue weighted by molar-refractivity contribution is 0.0934. The SMILES string of the molecule is CCC(C)CC(C)NC(=O)c1cc(S(=O)(=O)Cl)ccc1Br. The highest BCUT2D eigenvalue weighted by Gasteiger charge is 2.18. The topological polar surface area (TPSA) is 63.2 Å². The summed E-state index contributed by atoms with van der Waals surface area (Å²) < 4.78 is 23.2. The molecule has 0 aliphatic heterocycles. The standard InChI is InChI=1S/C14H19BrClNO3S/c1-4-9(2)7-10(3)17-14(18)12-8-11(21(16,19)20)5-6-13(12)15/h5-6,8-10H,4,7H2,1-3H3,(H,17,18). The minimum absolute atomic E-state index is 0.00983. The lowest BCUT2D eigenvalue weighted by Crippen LogP contribution is -2.34. The normalized spacial score (nSPS) is 14.5. The third kappa shape index (κ3) is 5.60. The van der Waals surface area contributed by atoms with Crippen molar-refractivity contribution in [3.8, 4) is 0 Å². The molecule has 0 aliphatic carbocycles. The number of carbonyl (C=O) groups excluding carboxylic acids is 1. The second kappa shape index (κ2) is 7.61. The second-order valence-electron chi connectivity index (χ2n) is 5.20. The Labute approximate surface area is 138 Å². The first-order chi connectivity index (χ1) is 9.65. The van der Waals surface area contributed by atoms with Crippen molar-refractivity contribution in [3.05, 3.63) is 28.2 Å². The van der Waals surface area contributed by atoms with Crippen LogP contribution in [0.2, 0.25) is 0 Å². The third-order valence-electron chi connectivity index (χ3n) is 3.29. The minimum atomic E-state index is -3.86. The van der Waals surface area contributed by atoms with E-state index in [0.29, 0.717) is 10.4 Å². The Morgan fingerprint density at radius 1 is 1.38 bits per heavy atom. The minimum Gasteiger partial charge on any atom is -0.350 e. The molecule has 0 radical (unpaired) electrons. The fourth-order valence-corrected chi connectivity index (χ4v) is 3.16. The molecule has 0 saturated heterocycles. The van der Waals surface area contributed by atoms with Gasteiger partial charge in [-0.25, -0.2) is 8.42 Å². The van der Waals surface area contributed by atoms with Gasteiger partial charge in [0.1, 0.15) is 0 Å². The first kappa shape index (κ1) is 18.5. The maximum absolute atomic E-state index is 12.2. The van der Waals surface area contributed by atoms with Crippen LogP contribution in [0.4, 0.5) is 0 Å². The van der Waals surface area contributed by atoms with Crippen molar-refractivity contribution >= 4 is 41.6 Å². The molecule has 0 aliphatic rings. The van der Waals surface area contributed by atoms with Crippen molar-refractivity contribution in [2.75, 3.05) is 0 Å². The van der Waals surface area contributed by atoms with Gasteiger partial charge in [-0.2, -0.15) is 0 Å². The smallest absolute Gasteiger partial charge is 0.261 e. The first-order valence-corrected chi connectivity index (χ1v) is 9.80. The predicted molar refractivity (Wildman–Crippen MR) is 88.2 cm³/mol. The number of hydrogen-bond acceptors (Lipinski definition) is 3. The van der Waals surface area contributed by atoms with Crippen LogP contribution in [0.3, 0.4) is 0 Å². The Hall–Kier alpha value is -0.590. The zero-order valence-corrected chi connectivity index (χ0v) is 15.3. The van der Waals surface area contributed by atoms with Crippen LogP contribution >= 0.6 is 26.6 Å². The molecule has 1 N–H and O–H groups in total. The van der Waals surface area contributed by atoms with Crippen LogP contribution < -0.4 is 5.32 Å². The molecule has 7 heteroatoms. The summed E-state index contributed by atoms with van der Waals surface area (Å²) in [5.41, 5.74) is 0.257. The highest BCUT2D eigenvalue weighted by Crippen LogP contribution is 2.23. The van der Waals surface area contributed by atoms with Gasteiger partial charge in [0.05, 0.1) is 10.5 Å². The van der Waals surface area contributed by atoms with E-state index < -0.39 is 9.05 Å². The fourth-order valence-electron chi connectivity index (χ4n) is 1.96. The Kier molecular flexibility index (Phi) is 6.69. The fraction of sp³-hybridized carbons (Fsp3) is 0.500. The average Bonchev–Trinajstić information content (AvgIpc) is 2.37. The Morgan fingerprint density at radius 2 is 2.00 bits per heavy atom. The molecular weight excluding hydrogens is 378 g/mol. The number of halogens is 2. The van der Waals surface area contributed by atoms with Gasteiger partial charge in [0.25, 0.3) is 15.0 Å². The summed E-state index contributed by atoms with van der Waals surface area (Å²) >= 11 is 3.25. The zero-order valence-electron chi connectivity index (χ0n) is 12.2. The highest BCUT2D eigenvalue weighted by molar-refractivity contribution is 9.10. The van der Waals surface area contributed by atoms with E-state index in [1.54, 1.807) is 0 Å². The molecular formula is C14H19BrClNO3S. The second-order valence-corrected chi connectivity index (χ2v) is 8.62. The summed E-state index contributed by atoms with van der Waals surface area (Å²) in [6.45, 7) is 6.16. The molecule has 1 amide bonds. The number of nitrogens with one attached hydrogen (secondary N) is 1. The molecule has 0 fully saturated rings. The highest BCUT2D eigenvalue weighted by atomic mass is 79.9. The molecule has 0 heterocycles. The van der Waals surface area contributed by atoms with Gasteiger partial charge < -0.3 is 5.32 Å². The van der Waals surface area contributed by atoms with Crippen molar-refractivity contribution in [3.63, 3.8) is 0 Å². The molecule has 0 bridgehead atoms. The number of amides is 1. The monoisotopic (exact) mass is 395 g/mol. The van der Waals surface area contributed by atoms with Gasteiger partial charge in [-0.3, -0.25) is 4.79 Å². The number of rotatable bonds is 6. The molecule has 0 aromatic heterocycles. The molecule has 0 saturated carbocycles.